The van der Waals surface area contributed by atoms with Crippen molar-refractivity contribution in [3.8, 4) is 11.3 Å². The summed E-state index contributed by atoms with van der Waals surface area (Å²) in [6.45, 7) is 0.807. The highest BCUT2D eigenvalue weighted by Crippen LogP contribution is 2.33. The van der Waals surface area contributed by atoms with Crippen LogP contribution in [0.4, 0.5) is 5.82 Å². The number of hydrogen-bond acceptors (Lipinski definition) is 2. The summed E-state index contributed by atoms with van der Waals surface area (Å²) in [5, 5.41) is 4.61. The van der Waals surface area contributed by atoms with E-state index in [9.17, 15) is 0 Å². The first-order valence-electron chi connectivity index (χ1n) is 8.43. The molecule has 0 fully saturated rings. The highest BCUT2D eigenvalue weighted by molar-refractivity contribution is 6.42. The van der Waals surface area contributed by atoms with Gasteiger partial charge in [0.1, 0.15) is 17.2 Å². The highest BCUT2D eigenvalue weighted by Gasteiger charge is 2.14. The number of nitrogens with zero attached hydrogens (tertiary/aromatic N) is 2. The smallest absolute Gasteiger partial charge is 0.139 e. The zero-order chi connectivity index (χ0) is 17.9. The first-order valence-corrected chi connectivity index (χ1v) is 9.18. The Hall–Kier alpha value is -2.49. The summed E-state index contributed by atoms with van der Waals surface area (Å²) < 4.78 is 2.06. The Morgan fingerprint density at radius 1 is 0.885 bits per heavy atom. The molecule has 0 unspecified atom stereocenters. The van der Waals surface area contributed by atoms with E-state index in [1.165, 1.54) is 5.56 Å². The van der Waals surface area contributed by atoms with E-state index in [-0.39, 0.29) is 0 Å². The number of rotatable bonds is 5. The molecule has 0 aliphatic carbocycles. The van der Waals surface area contributed by atoms with Crippen molar-refractivity contribution in [3.63, 3.8) is 0 Å². The third kappa shape index (κ3) is 3.41. The molecule has 4 aromatic rings. The molecule has 130 valence electrons. The number of anilines is 1. The van der Waals surface area contributed by atoms with Crippen molar-refractivity contribution in [1.29, 1.82) is 0 Å². The number of imidazole rings is 1. The van der Waals surface area contributed by atoms with E-state index < -0.39 is 0 Å². The summed E-state index contributed by atoms with van der Waals surface area (Å²) >= 11 is 12.3. The molecule has 0 amide bonds. The van der Waals surface area contributed by atoms with Crippen molar-refractivity contribution in [1.82, 2.24) is 9.38 Å². The second-order valence-corrected chi connectivity index (χ2v) is 6.84. The number of aromatic nitrogens is 2. The molecule has 0 aliphatic rings. The van der Waals surface area contributed by atoms with Crippen molar-refractivity contribution in [2.45, 2.75) is 6.42 Å². The van der Waals surface area contributed by atoms with Crippen molar-refractivity contribution in [2.24, 2.45) is 0 Å². The van der Waals surface area contributed by atoms with Crippen molar-refractivity contribution < 1.29 is 0 Å². The topological polar surface area (TPSA) is 29.3 Å². The molecule has 0 aliphatic heterocycles. The molecule has 4 rings (SSSR count). The summed E-state index contributed by atoms with van der Waals surface area (Å²) in [6.07, 6.45) is 2.94. The largest absolute Gasteiger partial charge is 0.369 e. The predicted molar refractivity (Wildman–Crippen MR) is 109 cm³/mol. The Labute approximate surface area is 162 Å². The lowest BCUT2D eigenvalue weighted by Crippen LogP contribution is -2.07. The van der Waals surface area contributed by atoms with Gasteiger partial charge in [0.25, 0.3) is 0 Å². The third-order valence-electron chi connectivity index (χ3n) is 4.27. The maximum atomic E-state index is 6.21. The normalized spacial score (nSPS) is 11.0. The van der Waals surface area contributed by atoms with Gasteiger partial charge >= 0.3 is 0 Å². The second kappa shape index (κ2) is 7.40. The molecular weight excluding hydrogens is 365 g/mol. The quantitative estimate of drug-likeness (QED) is 0.461. The third-order valence-corrected chi connectivity index (χ3v) is 5.01. The number of pyridine rings is 1. The van der Waals surface area contributed by atoms with Crippen LogP contribution in [0, 0.1) is 0 Å². The van der Waals surface area contributed by atoms with Crippen LogP contribution in [0.3, 0.4) is 0 Å². The number of fused-ring (bicyclic) bond motifs is 1. The van der Waals surface area contributed by atoms with Crippen molar-refractivity contribution in [3.05, 3.63) is 88.5 Å². The zero-order valence-electron chi connectivity index (χ0n) is 14.0. The molecule has 0 bridgehead atoms. The number of halogens is 2. The van der Waals surface area contributed by atoms with Crippen LogP contribution in [0.15, 0.2) is 72.9 Å². The molecule has 0 radical (unpaired) electrons. The summed E-state index contributed by atoms with van der Waals surface area (Å²) in [5.41, 5.74) is 3.98. The molecule has 2 heterocycles. The Morgan fingerprint density at radius 3 is 2.50 bits per heavy atom. The SMILES string of the molecule is Clc1ccc(-c2nc3ccccn3c2NCCc2ccccc2)cc1Cl. The molecular formula is C21H17Cl2N3. The van der Waals surface area contributed by atoms with Gasteiger partial charge in [0.2, 0.25) is 0 Å². The molecule has 0 atom stereocenters. The lowest BCUT2D eigenvalue weighted by atomic mass is 10.1. The summed E-state index contributed by atoms with van der Waals surface area (Å²) in [7, 11) is 0. The van der Waals surface area contributed by atoms with Crippen LogP contribution in [-0.4, -0.2) is 15.9 Å². The van der Waals surface area contributed by atoms with Gasteiger partial charge in [0.15, 0.2) is 0 Å². The van der Waals surface area contributed by atoms with Crippen molar-refractivity contribution >= 4 is 34.7 Å². The average molecular weight is 382 g/mol. The fourth-order valence-electron chi connectivity index (χ4n) is 2.98. The van der Waals surface area contributed by atoms with Gasteiger partial charge in [0.05, 0.1) is 10.0 Å². The van der Waals surface area contributed by atoms with E-state index in [0.29, 0.717) is 10.0 Å². The minimum atomic E-state index is 0.524. The molecule has 3 nitrogen and oxygen atoms in total. The van der Waals surface area contributed by atoms with Gasteiger partial charge in [-0.25, -0.2) is 4.98 Å². The van der Waals surface area contributed by atoms with Crippen LogP contribution in [-0.2, 0) is 6.42 Å². The average Bonchev–Trinajstić information content (AvgIpc) is 3.04. The number of hydrogen-bond donors (Lipinski definition) is 1. The first kappa shape index (κ1) is 17.0. The fraction of sp³-hybridized carbons (Fsp3) is 0.0952. The van der Waals surface area contributed by atoms with Gasteiger partial charge in [-0.15, -0.1) is 0 Å². The maximum Gasteiger partial charge on any atom is 0.139 e. The molecule has 0 saturated heterocycles. The lowest BCUT2D eigenvalue weighted by Gasteiger charge is -2.09. The monoisotopic (exact) mass is 381 g/mol. The fourth-order valence-corrected chi connectivity index (χ4v) is 3.28. The van der Waals surface area contributed by atoms with Gasteiger partial charge < -0.3 is 5.32 Å². The molecule has 0 spiro atoms. The Morgan fingerprint density at radius 2 is 1.69 bits per heavy atom. The molecule has 5 heteroatoms. The maximum absolute atomic E-state index is 6.21. The summed E-state index contributed by atoms with van der Waals surface area (Å²) in [4.78, 5) is 4.78. The number of benzene rings is 2. The predicted octanol–water partition coefficient (Wildman–Crippen LogP) is 5.96. The van der Waals surface area contributed by atoms with Gasteiger partial charge in [-0.1, -0.05) is 65.7 Å². The Kier molecular flexibility index (Phi) is 4.83. The molecule has 2 aromatic carbocycles. The van der Waals surface area contributed by atoms with Crippen LogP contribution in [0.25, 0.3) is 16.9 Å². The van der Waals surface area contributed by atoms with E-state index in [2.05, 4.69) is 34.0 Å². The molecule has 26 heavy (non-hydrogen) atoms. The van der Waals surface area contributed by atoms with Gasteiger partial charge in [-0.2, -0.15) is 0 Å². The Balaban J connectivity index is 1.68. The zero-order valence-corrected chi connectivity index (χ0v) is 15.5. The van der Waals surface area contributed by atoms with E-state index in [0.717, 1.165) is 35.7 Å². The van der Waals surface area contributed by atoms with Crippen molar-refractivity contribution in [2.75, 3.05) is 11.9 Å². The highest BCUT2D eigenvalue weighted by atomic mass is 35.5. The van der Waals surface area contributed by atoms with Gasteiger partial charge in [-0.05, 0) is 36.2 Å². The van der Waals surface area contributed by atoms with Gasteiger partial charge in [0, 0.05) is 18.3 Å². The van der Waals surface area contributed by atoms with E-state index in [4.69, 9.17) is 28.2 Å². The van der Waals surface area contributed by atoms with E-state index in [1.807, 2.05) is 42.6 Å². The summed E-state index contributed by atoms with van der Waals surface area (Å²) in [5.74, 6) is 0.954. The Bertz CT molecular complexity index is 1040. The van der Waals surface area contributed by atoms with Crippen LogP contribution in [0.2, 0.25) is 10.0 Å². The minimum Gasteiger partial charge on any atom is -0.369 e. The van der Waals surface area contributed by atoms with Crippen LogP contribution >= 0.6 is 23.2 Å². The van der Waals surface area contributed by atoms with E-state index >= 15 is 0 Å². The standard InChI is InChI=1S/C21H17Cl2N3/c22-17-10-9-16(14-18(17)23)20-21(26-13-5-4-8-19(26)25-20)24-12-11-15-6-2-1-3-7-15/h1-10,13-14,24H,11-12H2. The first-order chi connectivity index (χ1) is 12.7. The van der Waals surface area contributed by atoms with Crippen LogP contribution in [0.1, 0.15) is 5.56 Å². The van der Waals surface area contributed by atoms with Gasteiger partial charge in [-0.3, -0.25) is 4.40 Å². The number of nitrogens with one attached hydrogen (secondary N) is 1. The lowest BCUT2D eigenvalue weighted by molar-refractivity contribution is 0.999. The van der Waals surface area contributed by atoms with E-state index in [1.54, 1.807) is 6.07 Å². The second-order valence-electron chi connectivity index (χ2n) is 6.03. The minimum absolute atomic E-state index is 0.524. The molecule has 1 N–H and O–H groups in total. The molecule has 2 aromatic heterocycles. The van der Waals surface area contributed by atoms with Crippen LogP contribution in [0.5, 0.6) is 0 Å². The molecule has 0 saturated carbocycles. The summed E-state index contributed by atoms with van der Waals surface area (Å²) in [6, 6.07) is 22.0. The van der Waals surface area contributed by atoms with Crippen LogP contribution < -0.4 is 5.32 Å².